The van der Waals surface area contributed by atoms with Gasteiger partial charge in [-0.3, -0.25) is 4.98 Å². The van der Waals surface area contributed by atoms with Crippen molar-refractivity contribution in [2.45, 2.75) is 38.4 Å². The van der Waals surface area contributed by atoms with Crippen LogP contribution in [0, 0.1) is 0 Å². The van der Waals surface area contributed by atoms with Gasteiger partial charge < -0.3 is 9.47 Å². The zero-order valence-corrected chi connectivity index (χ0v) is 9.96. The SMILES string of the molecule is CCC1CC(OC(=O)c2ccncc2)CCO1. The van der Waals surface area contributed by atoms with Crippen molar-refractivity contribution in [2.75, 3.05) is 6.61 Å². The van der Waals surface area contributed by atoms with Crippen LogP contribution in [-0.4, -0.2) is 29.8 Å². The highest BCUT2D eigenvalue weighted by Crippen LogP contribution is 2.20. The first kappa shape index (κ1) is 12.0. The summed E-state index contributed by atoms with van der Waals surface area (Å²) in [6, 6.07) is 3.33. The van der Waals surface area contributed by atoms with Gasteiger partial charge in [0.25, 0.3) is 0 Å². The Morgan fingerprint density at radius 3 is 3.00 bits per heavy atom. The van der Waals surface area contributed by atoms with Gasteiger partial charge in [0.05, 0.1) is 18.3 Å². The standard InChI is InChI=1S/C13H17NO3/c1-2-11-9-12(5-8-16-11)17-13(15)10-3-6-14-7-4-10/h3-4,6-7,11-12H,2,5,8-9H2,1H3. The molecule has 2 heterocycles. The third-order valence-corrected chi connectivity index (χ3v) is 2.96. The van der Waals surface area contributed by atoms with Crippen LogP contribution < -0.4 is 0 Å². The van der Waals surface area contributed by atoms with Gasteiger partial charge in [-0.15, -0.1) is 0 Å². The maximum atomic E-state index is 11.8. The fraction of sp³-hybridized carbons (Fsp3) is 0.538. The predicted octanol–water partition coefficient (Wildman–Crippen LogP) is 2.20. The average molecular weight is 235 g/mol. The van der Waals surface area contributed by atoms with Crippen LogP contribution in [0.25, 0.3) is 0 Å². The van der Waals surface area contributed by atoms with Crippen LogP contribution in [0.4, 0.5) is 0 Å². The topological polar surface area (TPSA) is 48.4 Å². The van der Waals surface area contributed by atoms with Crippen molar-refractivity contribution in [3.8, 4) is 0 Å². The van der Waals surface area contributed by atoms with Crippen molar-refractivity contribution in [3.63, 3.8) is 0 Å². The molecule has 92 valence electrons. The quantitative estimate of drug-likeness (QED) is 0.753. The molecular formula is C13H17NO3. The minimum absolute atomic E-state index is 0.0191. The largest absolute Gasteiger partial charge is 0.459 e. The summed E-state index contributed by atoms with van der Waals surface area (Å²) >= 11 is 0. The van der Waals surface area contributed by atoms with E-state index in [2.05, 4.69) is 11.9 Å². The summed E-state index contributed by atoms with van der Waals surface area (Å²) in [6.45, 7) is 2.75. The van der Waals surface area contributed by atoms with E-state index in [1.165, 1.54) is 0 Å². The maximum absolute atomic E-state index is 11.8. The molecule has 0 radical (unpaired) electrons. The molecule has 0 bridgehead atoms. The highest BCUT2D eigenvalue weighted by atomic mass is 16.6. The van der Waals surface area contributed by atoms with Crippen molar-refractivity contribution < 1.29 is 14.3 Å². The summed E-state index contributed by atoms with van der Waals surface area (Å²) in [6.07, 6.45) is 5.93. The summed E-state index contributed by atoms with van der Waals surface area (Å²) in [7, 11) is 0. The molecule has 0 saturated carbocycles. The van der Waals surface area contributed by atoms with E-state index in [0.717, 1.165) is 19.3 Å². The van der Waals surface area contributed by atoms with Crippen molar-refractivity contribution in [1.29, 1.82) is 0 Å². The van der Waals surface area contributed by atoms with Crippen LogP contribution in [0.15, 0.2) is 24.5 Å². The van der Waals surface area contributed by atoms with Gasteiger partial charge in [-0.1, -0.05) is 6.92 Å². The smallest absolute Gasteiger partial charge is 0.338 e. The van der Waals surface area contributed by atoms with Crippen molar-refractivity contribution in [1.82, 2.24) is 4.98 Å². The molecule has 0 spiro atoms. The molecule has 0 amide bonds. The zero-order valence-electron chi connectivity index (χ0n) is 9.96. The highest BCUT2D eigenvalue weighted by molar-refractivity contribution is 5.89. The molecule has 2 unspecified atom stereocenters. The van der Waals surface area contributed by atoms with Gasteiger partial charge in [-0.2, -0.15) is 0 Å². The first-order valence-corrected chi connectivity index (χ1v) is 6.02. The molecule has 4 nitrogen and oxygen atoms in total. The second kappa shape index (κ2) is 5.77. The van der Waals surface area contributed by atoms with E-state index in [1.54, 1.807) is 24.5 Å². The molecule has 2 atom stereocenters. The van der Waals surface area contributed by atoms with Crippen molar-refractivity contribution in [3.05, 3.63) is 30.1 Å². The number of carbonyl (C=O) groups excluding carboxylic acids is 1. The molecular weight excluding hydrogens is 218 g/mol. The number of carbonyl (C=O) groups is 1. The molecule has 1 saturated heterocycles. The second-order valence-electron chi connectivity index (χ2n) is 4.19. The number of hydrogen-bond acceptors (Lipinski definition) is 4. The molecule has 0 aromatic carbocycles. The molecule has 1 aromatic heterocycles. The van der Waals surface area contributed by atoms with Gasteiger partial charge in [0, 0.05) is 25.2 Å². The number of ether oxygens (including phenoxy) is 2. The predicted molar refractivity (Wildman–Crippen MR) is 62.7 cm³/mol. The normalized spacial score (nSPS) is 24.3. The Morgan fingerprint density at radius 2 is 2.29 bits per heavy atom. The maximum Gasteiger partial charge on any atom is 0.338 e. The number of pyridine rings is 1. The number of esters is 1. The van der Waals surface area contributed by atoms with Gasteiger partial charge in [0.15, 0.2) is 0 Å². The molecule has 0 N–H and O–H groups in total. The number of hydrogen-bond donors (Lipinski definition) is 0. The van der Waals surface area contributed by atoms with Crippen LogP contribution in [0.3, 0.4) is 0 Å². The minimum atomic E-state index is -0.269. The molecule has 1 aromatic rings. The van der Waals surface area contributed by atoms with Crippen LogP contribution >= 0.6 is 0 Å². The first-order chi connectivity index (χ1) is 8.29. The fourth-order valence-corrected chi connectivity index (χ4v) is 1.94. The van der Waals surface area contributed by atoms with E-state index in [1.807, 2.05) is 0 Å². The third kappa shape index (κ3) is 3.27. The van der Waals surface area contributed by atoms with Crippen LogP contribution in [0.1, 0.15) is 36.5 Å². The summed E-state index contributed by atoms with van der Waals surface area (Å²) in [5, 5.41) is 0. The van der Waals surface area contributed by atoms with E-state index in [0.29, 0.717) is 12.2 Å². The van der Waals surface area contributed by atoms with Gasteiger partial charge in [0.2, 0.25) is 0 Å². The zero-order chi connectivity index (χ0) is 12.1. The van der Waals surface area contributed by atoms with E-state index in [4.69, 9.17) is 9.47 Å². The van der Waals surface area contributed by atoms with Gasteiger partial charge in [0.1, 0.15) is 6.10 Å². The summed E-state index contributed by atoms with van der Waals surface area (Å²) < 4.78 is 11.0. The third-order valence-electron chi connectivity index (χ3n) is 2.96. The van der Waals surface area contributed by atoms with Crippen LogP contribution in [-0.2, 0) is 9.47 Å². The van der Waals surface area contributed by atoms with Crippen LogP contribution in [0.5, 0.6) is 0 Å². The minimum Gasteiger partial charge on any atom is -0.459 e. The van der Waals surface area contributed by atoms with Crippen LogP contribution in [0.2, 0.25) is 0 Å². The van der Waals surface area contributed by atoms with E-state index >= 15 is 0 Å². The van der Waals surface area contributed by atoms with E-state index < -0.39 is 0 Å². The van der Waals surface area contributed by atoms with Crippen molar-refractivity contribution >= 4 is 5.97 Å². The second-order valence-corrected chi connectivity index (χ2v) is 4.19. The summed E-state index contributed by atoms with van der Waals surface area (Å²) in [5.74, 6) is -0.269. The Bertz CT molecular complexity index is 366. The monoisotopic (exact) mass is 235 g/mol. The van der Waals surface area contributed by atoms with Crippen molar-refractivity contribution in [2.24, 2.45) is 0 Å². The molecule has 1 fully saturated rings. The van der Waals surface area contributed by atoms with E-state index in [-0.39, 0.29) is 18.2 Å². The molecule has 2 rings (SSSR count). The average Bonchev–Trinajstić information content (AvgIpc) is 2.40. The van der Waals surface area contributed by atoms with Gasteiger partial charge in [-0.05, 0) is 18.6 Å². The summed E-state index contributed by atoms with van der Waals surface area (Å²) in [5.41, 5.74) is 0.555. The fourth-order valence-electron chi connectivity index (χ4n) is 1.94. The van der Waals surface area contributed by atoms with Gasteiger partial charge >= 0.3 is 5.97 Å². The Balaban J connectivity index is 1.90. The lowest BCUT2D eigenvalue weighted by Gasteiger charge is -2.28. The lowest BCUT2D eigenvalue weighted by Crippen LogP contribution is -2.32. The number of nitrogens with zero attached hydrogens (tertiary/aromatic N) is 1. The molecule has 17 heavy (non-hydrogen) atoms. The molecule has 1 aliphatic rings. The summed E-state index contributed by atoms with van der Waals surface area (Å²) in [4.78, 5) is 15.7. The molecule has 1 aliphatic heterocycles. The lowest BCUT2D eigenvalue weighted by atomic mass is 10.0. The van der Waals surface area contributed by atoms with E-state index in [9.17, 15) is 4.79 Å². The lowest BCUT2D eigenvalue weighted by molar-refractivity contribution is -0.0557. The molecule has 0 aliphatic carbocycles. The number of aromatic nitrogens is 1. The Hall–Kier alpha value is -1.42. The highest BCUT2D eigenvalue weighted by Gasteiger charge is 2.24. The molecule has 4 heteroatoms. The Kier molecular flexibility index (Phi) is 4.09. The Morgan fingerprint density at radius 1 is 1.53 bits per heavy atom. The van der Waals surface area contributed by atoms with Gasteiger partial charge in [-0.25, -0.2) is 4.79 Å². The first-order valence-electron chi connectivity index (χ1n) is 6.02. The number of rotatable bonds is 3. The Labute approximate surface area is 101 Å².